The number of carbonyl (C=O) groups is 5. The van der Waals surface area contributed by atoms with Gasteiger partial charge in [-0.3, -0.25) is 24.0 Å². The van der Waals surface area contributed by atoms with Gasteiger partial charge in [-0.1, -0.05) is 20.8 Å². The minimum atomic E-state index is -0.926. The number of carbonyl (C=O) groups excluding carboxylic acids is 5. The topological polar surface area (TPSA) is 132 Å². The Hall–Kier alpha value is -2.49. The summed E-state index contributed by atoms with van der Waals surface area (Å²) in [6.07, 6.45) is 9.27. The summed E-state index contributed by atoms with van der Waals surface area (Å²) in [5, 5.41) is 0. The van der Waals surface area contributed by atoms with E-state index >= 15 is 0 Å². The second-order valence-electron chi connectivity index (χ2n) is 14.9. The molecule has 5 unspecified atom stereocenters. The van der Waals surface area contributed by atoms with Crippen LogP contribution in [-0.4, -0.2) is 61.9 Å². The summed E-state index contributed by atoms with van der Waals surface area (Å²) < 4.78 is 26.5. The molecule has 0 bridgehead atoms. The molecule has 254 valence electrons. The summed E-state index contributed by atoms with van der Waals surface area (Å²) in [7, 11) is 0. The molecule has 0 N–H and O–H groups in total. The van der Waals surface area contributed by atoms with Crippen molar-refractivity contribution >= 4 is 29.7 Å². The van der Waals surface area contributed by atoms with E-state index in [0.717, 1.165) is 31.6 Å². The first kappa shape index (κ1) is 35.4. The Morgan fingerprint density at radius 1 is 0.733 bits per heavy atom. The molecule has 0 spiro atoms. The smallest absolute Gasteiger partial charge is 0.308 e. The van der Waals surface area contributed by atoms with E-state index < -0.39 is 30.0 Å². The van der Waals surface area contributed by atoms with Crippen LogP contribution in [0.25, 0.3) is 0 Å². The van der Waals surface area contributed by atoms with Gasteiger partial charge in [-0.15, -0.1) is 0 Å². The minimum absolute atomic E-state index is 0.0238. The summed E-state index contributed by atoms with van der Waals surface area (Å²) in [5.74, 6) is 0.851. The lowest BCUT2D eigenvalue weighted by atomic mass is 9.44. The maximum Gasteiger partial charge on any atom is 0.308 e. The van der Waals surface area contributed by atoms with Crippen molar-refractivity contribution in [3.63, 3.8) is 0 Å². The van der Waals surface area contributed by atoms with E-state index in [9.17, 15) is 24.0 Å². The van der Waals surface area contributed by atoms with Gasteiger partial charge in [-0.2, -0.15) is 0 Å². The number of hydrogen-bond donors (Lipinski definition) is 0. The maximum atomic E-state index is 12.5. The van der Waals surface area contributed by atoms with Crippen molar-refractivity contribution in [1.82, 2.24) is 0 Å². The summed E-state index contributed by atoms with van der Waals surface area (Å²) >= 11 is 0. The fourth-order valence-electron chi connectivity index (χ4n) is 9.70. The zero-order valence-electron chi connectivity index (χ0n) is 28.1. The fourth-order valence-corrected chi connectivity index (χ4v) is 9.70. The van der Waals surface area contributed by atoms with E-state index in [4.69, 9.17) is 23.7 Å². The molecule has 9 atom stereocenters. The Morgan fingerprint density at radius 2 is 1.36 bits per heavy atom. The summed E-state index contributed by atoms with van der Waals surface area (Å²) in [4.78, 5) is 59.5. The Labute approximate surface area is 267 Å². The van der Waals surface area contributed by atoms with Crippen molar-refractivity contribution in [3.8, 4) is 0 Å². The average Bonchev–Trinajstić information content (AvgIpc) is 3.32. The molecule has 4 saturated carbocycles. The highest BCUT2D eigenvalue weighted by Gasteiger charge is 2.60. The molecular weight excluding hydrogens is 580 g/mol. The number of rotatable bonds is 13. The van der Waals surface area contributed by atoms with Crippen LogP contribution in [0.2, 0.25) is 0 Å². The van der Waals surface area contributed by atoms with Crippen LogP contribution >= 0.6 is 0 Å². The van der Waals surface area contributed by atoms with Gasteiger partial charge in [0.05, 0.1) is 6.10 Å². The molecule has 0 aliphatic heterocycles. The lowest BCUT2D eigenvalue weighted by molar-refractivity contribution is -0.175. The molecule has 45 heavy (non-hydrogen) atoms. The van der Waals surface area contributed by atoms with E-state index in [2.05, 4.69) is 13.8 Å². The van der Waals surface area contributed by atoms with E-state index in [-0.39, 0.29) is 56.2 Å². The van der Waals surface area contributed by atoms with Gasteiger partial charge in [0.2, 0.25) is 0 Å². The predicted octanol–water partition coefficient (Wildman–Crippen LogP) is 5.57. The van der Waals surface area contributed by atoms with Crippen LogP contribution in [0.3, 0.4) is 0 Å². The fraction of sp³-hybridized carbons (Fsp3) is 0.857. The lowest BCUT2D eigenvalue weighted by Gasteiger charge is -2.61. The quantitative estimate of drug-likeness (QED) is 0.144. The van der Waals surface area contributed by atoms with Crippen molar-refractivity contribution < 1.29 is 47.7 Å². The monoisotopic (exact) mass is 634 g/mol. The second kappa shape index (κ2) is 14.9. The van der Waals surface area contributed by atoms with Crippen molar-refractivity contribution in [2.45, 2.75) is 124 Å². The van der Waals surface area contributed by atoms with Crippen molar-refractivity contribution in [2.24, 2.45) is 46.3 Å². The normalized spacial score (nSPS) is 34.5. The van der Waals surface area contributed by atoms with Gasteiger partial charge in [0.15, 0.2) is 12.9 Å². The molecule has 4 aliphatic rings. The first-order valence-electron chi connectivity index (χ1n) is 17.0. The maximum absolute atomic E-state index is 12.5. The van der Waals surface area contributed by atoms with Gasteiger partial charge in [0.25, 0.3) is 0 Å². The molecule has 10 heteroatoms. The molecule has 4 fully saturated rings. The number of esters is 4. The van der Waals surface area contributed by atoms with E-state index in [1.165, 1.54) is 46.0 Å². The molecular formula is C35H54O10. The Bertz CT molecular complexity index is 1090. The number of hydrogen-bond acceptors (Lipinski definition) is 10. The molecule has 0 saturated heterocycles. The Balaban J connectivity index is 1.18. The largest absolute Gasteiger partial charge is 0.462 e. The van der Waals surface area contributed by atoms with Crippen LogP contribution in [0.4, 0.5) is 0 Å². The first-order chi connectivity index (χ1) is 21.2. The summed E-state index contributed by atoms with van der Waals surface area (Å²) in [5.41, 5.74) is 0.478. The highest BCUT2D eigenvalue weighted by Crippen LogP contribution is 2.67. The number of Topliss-reactive ketones (excluding diaryl/α,β-unsaturated/α-hetero) is 1. The highest BCUT2D eigenvalue weighted by molar-refractivity contribution is 5.79. The lowest BCUT2D eigenvalue weighted by Crippen LogP contribution is -2.54. The highest BCUT2D eigenvalue weighted by atomic mass is 16.7. The van der Waals surface area contributed by atoms with E-state index in [0.29, 0.717) is 29.0 Å². The van der Waals surface area contributed by atoms with Gasteiger partial charge in [-0.25, -0.2) is 0 Å². The summed E-state index contributed by atoms with van der Waals surface area (Å²) in [6, 6.07) is 0. The molecule has 4 aliphatic carbocycles. The average molecular weight is 635 g/mol. The van der Waals surface area contributed by atoms with Crippen molar-refractivity contribution in [2.75, 3.05) is 20.0 Å². The molecule has 0 aromatic heterocycles. The summed E-state index contributed by atoms with van der Waals surface area (Å²) in [6.45, 7) is 10.3. The zero-order chi connectivity index (χ0) is 32.9. The van der Waals surface area contributed by atoms with Gasteiger partial charge in [0.1, 0.15) is 19.0 Å². The third-order valence-corrected chi connectivity index (χ3v) is 11.9. The number of fused-ring (bicyclic) bond motifs is 5. The standard InChI is InChI=1S/C35H54O10/c1-21(16-33(40)45-27(18-41-23(3)37)19-42-24(4)38)15-32(39)44-20-43-26-11-13-34(5)25(17-26)7-8-28-30-10-9-29(22(2)36)35(30,6)14-12-31(28)34/h21,25-31H,7-20H2,1-6H3/t21?,25-,26+,28?,29?,30-,31-,34?,35?/m0/s1. The van der Waals surface area contributed by atoms with Gasteiger partial charge in [-0.05, 0) is 105 Å². The van der Waals surface area contributed by atoms with Crippen LogP contribution < -0.4 is 0 Å². The van der Waals surface area contributed by atoms with Crippen LogP contribution in [0, 0.1) is 46.3 Å². The first-order valence-corrected chi connectivity index (χ1v) is 17.0. The Morgan fingerprint density at radius 3 is 2.00 bits per heavy atom. The van der Waals surface area contributed by atoms with E-state index in [1.54, 1.807) is 13.8 Å². The molecule has 0 aromatic carbocycles. The van der Waals surface area contributed by atoms with Crippen LogP contribution in [-0.2, 0) is 47.7 Å². The predicted molar refractivity (Wildman–Crippen MR) is 163 cm³/mol. The SMILES string of the molecule is CC(=O)OCC(COC(C)=O)OC(=O)CC(C)CC(=O)OCO[C@@H]1CCC2(C)[C@@H](CCC3[C@@H]4CCC(C(C)=O)C4(C)CC[C@@H]32)C1. The van der Waals surface area contributed by atoms with E-state index in [1.807, 2.05) is 0 Å². The second-order valence-corrected chi connectivity index (χ2v) is 14.9. The molecule has 0 radical (unpaired) electrons. The number of ketones is 1. The van der Waals surface area contributed by atoms with Gasteiger partial charge >= 0.3 is 23.9 Å². The number of ether oxygens (including phenoxy) is 5. The third-order valence-electron chi connectivity index (χ3n) is 11.9. The molecule has 10 nitrogen and oxygen atoms in total. The third kappa shape index (κ3) is 8.46. The molecule has 0 heterocycles. The minimum Gasteiger partial charge on any atom is -0.462 e. The van der Waals surface area contributed by atoms with Gasteiger partial charge in [0, 0.05) is 32.6 Å². The van der Waals surface area contributed by atoms with Crippen molar-refractivity contribution in [3.05, 3.63) is 0 Å². The molecule has 4 rings (SSSR count). The molecule has 0 amide bonds. The zero-order valence-corrected chi connectivity index (χ0v) is 28.1. The van der Waals surface area contributed by atoms with Crippen LogP contribution in [0.5, 0.6) is 0 Å². The molecule has 0 aromatic rings. The van der Waals surface area contributed by atoms with Crippen molar-refractivity contribution in [1.29, 1.82) is 0 Å². The van der Waals surface area contributed by atoms with Crippen LogP contribution in [0.15, 0.2) is 0 Å². The Kier molecular flexibility index (Phi) is 11.7. The van der Waals surface area contributed by atoms with Gasteiger partial charge < -0.3 is 23.7 Å². The van der Waals surface area contributed by atoms with Crippen LogP contribution in [0.1, 0.15) is 112 Å².